The van der Waals surface area contributed by atoms with E-state index in [-0.39, 0.29) is 10.8 Å². The Morgan fingerprint density at radius 3 is 2.40 bits per heavy atom. The fourth-order valence-electron chi connectivity index (χ4n) is 1.76. The van der Waals surface area contributed by atoms with Gasteiger partial charge in [0.15, 0.2) is 11.5 Å². The van der Waals surface area contributed by atoms with Gasteiger partial charge in [0.1, 0.15) is 10.9 Å². The van der Waals surface area contributed by atoms with Gasteiger partial charge in [-0.25, -0.2) is 4.98 Å². The summed E-state index contributed by atoms with van der Waals surface area (Å²) in [5.41, 5.74) is 0.461. The Hall–Kier alpha value is -1.50. The van der Waals surface area contributed by atoms with E-state index < -0.39 is 0 Å². The highest BCUT2D eigenvalue weighted by atomic mass is 35.5. The zero-order valence-electron chi connectivity index (χ0n) is 11.2. The summed E-state index contributed by atoms with van der Waals surface area (Å²) in [6, 6.07) is 1.61. The number of ether oxygens (including phenoxy) is 3. The molecule has 1 aromatic carbocycles. The van der Waals surface area contributed by atoms with E-state index in [0.29, 0.717) is 39.9 Å². The highest BCUT2D eigenvalue weighted by molar-refractivity contribution is 6.36. The molecule has 0 saturated heterocycles. The smallest absolute Gasteiger partial charge is 0.229 e. The minimum atomic E-state index is 0. The molecule has 0 atom stereocenters. The molecular formula is C12H14Cl2N2O4. The summed E-state index contributed by atoms with van der Waals surface area (Å²) in [5, 5.41) is 0.987. The van der Waals surface area contributed by atoms with Crippen molar-refractivity contribution in [2.45, 2.75) is 6.92 Å². The van der Waals surface area contributed by atoms with Crippen LogP contribution in [-0.2, 0) is 0 Å². The number of nitrogens with zero attached hydrogens (tertiary/aromatic N) is 2. The number of halogens is 2. The molecular weight excluding hydrogens is 307 g/mol. The van der Waals surface area contributed by atoms with Gasteiger partial charge in [-0.05, 0) is 18.5 Å². The fraction of sp³-hybridized carbons (Fsp3) is 0.333. The Morgan fingerprint density at radius 2 is 1.85 bits per heavy atom. The molecule has 0 aliphatic rings. The van der Waals surface area contributed by atoms with Crippen LogP contribution >= 0.6 is 23.2 Å². The van der Waals surface area contributed by atoms with Crippen molar-refractivity contribution in [3.63, 3.8) is 0 Å². The van der Waals surface area contributed by atoms with Crippen LogP contribution in [0, 0.1) is 0 Å². The van der Waals surface area contributed by atoms with E-state index in [1.165, 1.54) is 14.2 Å². The summed E-state index contributed by atoms with van der Waals surface area (Å²) in [6.45, 7) is 2.27. The van der Waals surface area contributed by atoms with E-state index in [9.17, 15) is 0 Å². The minimum absolute atomic E-state index is 0. The molecule has 0 radical (unpaired) electrons. The predicted molar refractivity (Wildman–Crippen MR) is 77.4 cm³/mol. The minimum Gasteiger partial charge on any atom is -0.493 e. The average molecular weight is 321 g/mol. The monoisotopic (exact) mass is 320 g/mol. The number of rotatable bonds is 4. The molecule has 0 fully saturated rings. The highest BCUT2D eigenvalue weighted by Gasteiger charge is 2.20. The molecule has 110 valence electrons. The molecule has 2 aromatic rings. The Balaban J connectivity index is 0.00000200. The molecule has 0 saturated carbocycles. The second kappa shape index (κ2) is 6.78. The Morgan fingerprint density at radius 1 is 1.15 bits per heavy atom. The first-order valence-electron chi connectivity index (χ1n) is 5.52. The molecule has 0 bridgehead atoms. The van der Waals surface area contributed by atoms with Crippen molar-refractivity contribution in [1.82, 2.24) is 9.97 Å². The lowest BCUT2D eigenvalue weighted by Crippen LogP contribution is -2.01. The number of hydrogen-bond donors (Lipinski definition) is 0. The number of fused-ring (bicyclic) bond motifs is 1. The first-order chi connectivity index (χ1) is 9.12. The van der Waals surface area contributed by atoms with Crippen LogP contribution in [0.4, 0.5) is 0 Å². The van der Waals surface area contributed by atoms with Gasteiger partial charge in [0, 0.05) is 6.07 Å². The first-order valence-corrected chi connectivity index (χ1v) is 6.28. The Labute approximate surface area is 125 Å². The zero-order valence-corrected chi connectivity index (χ0v) is 12.7. The second-order valence-corrected chi connectivity index (χ2v) is 4.29. The molecule has 8 heteroatoms. The van der Waals surface area contributed by atoms with E-state index in [4.69, 9.17) is 37.4 Å². The largest absolute Gasteiger partial charge is 0.493 e. The van der Waals surface area contributed by atoms with Crippen LogP contribution in [-0.4, -0.2) is 36.3 Å². The summed E-state index contributed by atoms with van der Waals surface area (Å²) < 4.78 is 16.0. The molecule has 0 spiro atoms. The molecule has 0 unspecified atom stereocenters. The van der Waals surface area contributed by atoms with Gasteiger partial charge >= 0.3 is 0 Å². The van der Waals surface area contributed by atoms with Crippen LogP contribution < -0.4 is 14.2 Å². The third kappa shape index (κ3) is 2.82. The van der Waals surface area contributed by atoms with Crippen LogP contribution in [0.1, 0.15) is 6.92 Å². The Kier molecular flexibility index (Phi) is 5.62. The van der Waals surface area contributed by atoms with Gasteiger partial charge < -0.3 is 19.7 Å². The molecule has 6 nitrogen and oxygen atoms in total. The lowest BCUT2D eigenvalue weighted by molar-refractivity contribution is 0.326. The van der Waals surface area contributed by atoms with Crippen molar-refractivity contribution in [2.24, 2.45) is 0 Å². The zero-order chi connectivity index (χ0) is 14.0. The van der Waals surface area contributed by atoms with Crippen molar-refractivity contribution in [3.8, 4) is 17.4 Å². The van der Waals surface area contributed by atoms with Crippen molar-refractivity contribution in [2.75, 3.05) is 20.8 Å². The van der Waals surface area contributed by atoms with Crippen molar-refractivity contribution < 1.29 is 19.7 Å². The van der Waals surface area contributed by atoms with Crippen LogP contribution in [0.3, 0.4) is 0 Å². The van der Waals surface area contributed by atoms with Gasteiger partial charge in [0.25, 0.3) is 0 Å². The van der Waals surface area contributed by atoms with Gasteiger partial charge in [-0.1, -0.05) is 11.6 Å². The molecule has 0 amide bonds. The summed E-state index contributed by atoms with van der Waals surface area (Å²) in [5.74, 6) is 1.25. The summed E-state index contributed by atoms with van der Waals surface area (Å²) >= 11 is 12.0. The van der Waals surface area contributed by atoms with Gasteiger partial charge in [0.05, 0.1) is 25.8 Å². The standard InChI is InChI=1S/C12H12Cl2N2O3.H2O/c1-4-19-11-8-9(15-12(14)16-11)6(13)5-7(17-2)10(8)18-3;/h5H,4H2,1-3H3;1H2. The topological polar surface area (TPSA) is 85.0 Å². The molecule has 1 aromatic heterocycles. The van der Waals surface area contributed by atoms with Crippen LogP contribution in [0.15, 0.2) is 6.07 Å². The first kappa shape index (κ1) is 16.6. The molecule has 2 N–H and O–H groups in total. The van der Waals surface area contributed by atoms with Gasteiger partial charge in [-0.3, -0.25) is 0 Å². The molecule has 2 rings (SSSR count). The number of aromatic nitrogens is 2. The third-order valence-corrected chi connectivity index (χ3v) is 2.95. The van der Waals surface area contributed by atoms with Gasteiger partial charge in [0.2, 0.25) is 11.2 Å². The highest BCUT2D eigenvalue weighted by Crippen LogP contribution is 2.43. The molecule has 20 heavy (non-hydrogen) atoms. The quantitative estimate of drug-likeness (QED) is 0.808. The van der Waals surface area contributed by atoms with E-state index in [2.05, 4.69) is 9.97 Å². The number of hydrogen-bond acceptors (Lipinski definition) is 5. The lowest BCUT2D eigenvalue weighted by Gasteiger charge is -2.14. The predicted octanol–water partition coefficient (Wildman–Crippen LogP) is 2.53. The maximum atomic E-state index is 6.17. The van der Waals surface area contributed by atoms with Crippen molar-refractivity contribution in [3.05, 3.63) is 16.4 Å². The van der Waals surface area contributed by atoms with Gasteiger partial charge in [-0.15, -0.1) is 0 Å². The average Bonchev–Trinajstić information content (AvgIpc) is 2.39. The fourth-order valence-corrected chi connectivity index (χ4v) is 2.16. The summed E-state index contributed by atoms with van der Waals surface area (Å²) in [4.78, 5) is 8.16. The maximum absolute atomic E-state index is 6.17. The van der Waals surface area contributed by atoms with E-state index >= 15 is 0 Å². The number of methoxy groups -OCH3 is 2. The molecule has 0 aliphatic carbocycles. The van der Waals surface area contributed by atoms with Crippen LogP contribution in [0.2, 0.25) is 10.3 Å². The maximum Gasteiger partial charge on any atom is 0.229 e. The van der Waals surface area contributed by atoms with Crippen LogP contribution in [0.25, 0.3) is 10.9 Å². The number of benzene rings is 1. The van der Waals surface area contributed by atoms with Gasteiger partial charge in [-0.2, -0.15) is 4.98 Å². The second-order valence-electron chi connectivity index (χ2n) is 3.55. The van der Waals surface area contributed by atoms with Crippen molar-refractivity contribution >= 4 is 34.1 Å². The van der Waals surface area contributed by atoms with E-state index in [1.54, 1.807) is 6.07 Å². The summed E-state index contributed by atoms with van der Waals surface area (Å²) in [7, 11) is 3.05. The third-order valence-electron chi connectivity index (χ3n) is 2.49. The van der Waals surface area contributed by atoms with E-state index in [1.807, 2.05) is 6.92 Å². The normalized spacial score (nSPS) is 10.1. The van der Waals surface area contributed by atoms with Crippen molar-refractivity contribution in [1.29, 1.82) is 0 Å². The van der Waals surface area contributed by atoms with E-state index in [0.717, 1.165) is 0 Å². The summed E-state index contributed by atoms with van der Waals surface area (Å²) in [6.07, 6.45) is 0. The lowest BCUT2D eigenvalue weighted by atomic mass is 10.2. The molecule has 1 heterocycles. The van der Waals surface area contributed by atoms with Crippen LogP contribution in [0.5, 0.6) is 17.4 Å². The molecule has 0 aliphatic heterocycles. The Bertz CT molecular complexity index is 622. The SMILES string of the molecule is CCOc1nc(Cl)nc2c(Cl)cc(OC)c(OC)c12.O.